The number of hydrogen-bond acceptors (Lipinski definition) is 3. The molecule has 94 valence electrons. The molecule has 4 heteroatoms. The molecule has 1 fully saturated rings. The first-order chi connectivity index (χ1) is 7.50. The average Bonchev–Trinajstić information content (AvgIpc) is 2.26. The number of carbonyl (C=O) groups excluding carboxylic acids is 1. The molecule has 0 aliphatic heterocycles. The molecule has 1 aliphatic rings. The SMILES string of the molecule is CC(C)OCC(=O)N(C)C1CCC(N)CC1. The maximum atomic E-state index is 11.8. The summed E-state index contributed by atoms with van der Waals surface area (Å²) in [7, 11) is 1.87. The van der Waals surface area contributed by atoms with Gasteiger partial charge in [0.1, 0.15) is 6.61 Å². The molecule has 0 unspecified atom stereocenters. The van der Waals surface area contributed by atoms with Gasteiger partial charge in [0, 0.05) is 19.1 Å². The summed E-state index contributed by atoms with van der Waals surface area (Å²) >= 11 is 0. The van der Waals surface area contributed by atoms with Gasteiger partial charge in [-0.2, -0.15) is 0 Å². The first-order valence-electron chi connectivity index (χ1n) is 6.13. The van der Waals surface area contributed by atoms with E-state index in [1.165, 1.54) is 0 Å². The van der Waals surface area contributed by atoms with Crippen molar-refractivity contribution >= 4 is 5.91 Å². The molecule has 2 N–H and O–H groups in total. The van der Waals surface area contributed by atoms with Gasteiger partial charge in [0.15, 0.2) is 0 Å². The van der Waals surface area contributed by atoms with Crippen LogP contribution < -0.4 is 5.73 Å². The Morgan fingerprint density at radius 3 is 2.44 bits per heavy atom. The van der Waals surface area contributed by atoms with Crippen LogP contribution in [0, 0.1) is 0 Å². The van der Waals surface area contributed by atoms with Gasteiger partial charge in [0.05, 0.1) is 6.10 Å². The van der Waals surface area contributed by atoms with Crippen LogP contribution in [0.25, 0.3) is 0 Å². The third kappa shape index (κ3) is 4.10. The van der Waals surface area contributed by atoms with Crippen molar-refractivity contribution in [2.75, 3.05) is 13.7 Å². The molecule has 0 heterocycles. The molecule has 0 aromatic heterocycles. The lowest BCUT2D eigenvalue weighted by Gasteiger charge is -2.33. The second kappa shape index (κ2) is 6.21. The lowest BCUT2D eigenvalue weighted by molar-refractivity contribution is -0.139. The number of nitrogens with zero attached hydrogens (tertiary/aromatic N) is 1. The highest BCUT2D eigenvalue weighted by atomic mass is 16.5. The van der Waals surface area contributed by atoms with Gasteiger partial charge < -0.3 is 15.4 Å². The molecule has 0 saturated heterocycles. The van der Waals surface area contributed by atoms with Gasteiger partial charge in [0.2, 0.25) is 5.91 Å². The Morgan fingerprint density at radius 1 is 1.38 bits per heavy atom. The van der Waals surface area contributed by atoms with Crippen LogP contribution in [0.1, 0.15) is 39.5 Å². The Kier molecular flexibility index (Phi) is 5.22. The lowest BCUT2D eigenvalue weighted by Crippen LogP contribution is -2.43. The Bertz CT molecular complexity index is 223. The van der Waals surface area contributed by atoms with Crippen LogP contribution in [0.2, 0.25) is 0 Å². The zero-order chi connectivity index (χ0) is 12.1. The van der Waals surface area contributed by atoms with E-state index in [0.29, 0.717) is 12.1 Å². The standard InChI is InChI=1S/C12H24N2O2/c1-9(2)16-8-12(15)14(3)11-6-4-10(13)5-7-11/h9-11H,4-8,13H2,1-3H3. The highest BCUT2D eigenvalue weighted by Gasteiger charge is 2.24. The molecular formula is C12H24N2O2. The van der Waals surface area contributed by atoms with Gasteiger partial charge in [-0.1, -0.05) is 0 Å². The molecule has 1 saturated carbocycles. The third-order valence-corrected chi connectivity index (χ3v) is 3.22. The summed E-state index contributed by atoms with van der Waals surface area (Å²) < 4.78 is 5.32. The van der Waals surface area contributed by atoms with Crippen molar-refractivity contribution < 1.29 is 9.53 Å². The first kappa shape index (κ1) is 13.5. The van der Waals surface area contributed by atoms with Gasteiger partial charge in [-0.3, -0.25) is 4.79 Å². The van der Waals surface area contributed by atoms with E-state index in [4.69, 9.17) is 10.5 Å². The van der Waals surface area contributed by atoms with E-state index in [2.05, 4.69) is 0 Å². The van der Waals surface area contributed by atoms with Crippen molar-refractivity contribution in [2.45, 2.75) is 57.7 Å². The Balaban J connectivity index is 2.32. The van der Waals surface area contributed by atoms with E-state index in [9.17, 15) is 4.79 Å². The largest absolute Gasteiger partial charge is 0.369 e. The molecule has 4 nitrogen and oxygen atoms in total. The van der Waals surface area contributed by atoms with Gasteiger partial charge >= 0.3 is 0 Å². The summed E-state index contributed by atoms with van der Waals surface area (Å²) in [5, 5.41) is 0. The number of rotatable bonds is 4. The summed E-state index contributed by atoms with van der Waals surface area (Å²) in [4.78, 5) is 13.6. The second-order valence-electron chi connectivity index (χ2n) is 4.93. The fourth-order valence-electron chi connectivity index (χ4n) is 2.03. The van der Waals surface area contributed by atoms with E-state index in [1.807, 2.05) is 25.8 Å². The predicted octanol–water partition coefficient (Wildman–Crippen LogP) is 1.14. The van der Waals surface area contributed by atoms with Crippen LogP contribution in [-0.4, -0.2) is 42.6 Å². The van der Waals surface area contributed by atoms with Crippen molar-refractivity contribution in [3.05, 3.63) is 0 Å². The van der Waals surface area contributed by atoms with Gasteiger partial charge in [-0.25, -0.2) is 0 Å². The molecule has 0 spiro atoms. The average molecular weight is 228 g/mol. The smallest absolute Gasteiger partial charge is 0.248 e. The van der Waals surface area contributed by atoms with Crippen molar-refractivity contribution in [3.8, 4) is 0 Å². The van der Waals surface area contributed by atoms with E-state index < -0.39 is 0 Å². The van der Waals surface area contributed by atoms with Gasteiger partial charge in [-0.05, 0) is 39.5 Å². The summed E-state index contributed by atoms with van der Waals surface area (Å²) in [6.45, 7) is 4.07. The van der Waals surface area contributed by atoms with Crippen LogP contribution >= 0.6 is 0 Å². The zero-order valence-corrected chi connectivity index (χ0v) is 10.6. The minimum absolute atomic E-state index is 0.0779. The molecule has 1 amide bonds. The minimum atomic E-state index is 0.0779. The number of amides is 1. The molecule has 0 atom stereocenters. The predicted molar refractivity (Wildman–Crippen MR) is 64.1 cm³/mol. The topological polar surface area (TPSA) is 55.6 Å². The third-order valence-electron chi connectivity index (χ3n) is 3.22. The summed E-state index contributed by atoms with van der Waals surface area (Å²) in [6, 6.07) is 0.676. The van der Waals surface area contributed by atoms with E-state index in [1.54, 1.807) is 0 Å². The van der Waals surface area contributed by atoms with Crippen LogP contribution in [-0.2, 0) is 9.53 Å². The quantitative estimate of drug-likeness (QED) is 0.785. The van der Waals surface area contributed by atoms with E-state index in [-0.39, 0.29) is 18.6 Å². The van der Waals surface area contributed by atoms with Crippen LogP contribution in [0.15, 0.2) is 0 Å². The molecule has 16 heavy (non-hydrogen) atoms. The van der Waals surface area contributed by atoms with Crippen molar-refractivity contribution in [2.24, 2.45) is 5.73 Å². The highest BCUT2D eigenvalue weighted by Crippen LogP contribution is 2.21. The van der Waals surface area contributed by atoms with Crippen molar-refractivity contribution in [3.63, 3.8) is 0 Å². The number of likely N-dealkylation sites (N-methyl/N-ethyl adjacent to an activating group) is 1. The van der Waals surface area contributed by atoms with Crippen molar-refractivity contribution in [1.82, 2.24) is 4.90 Å². The molecule has 0 aromatic rings. The molecule has 1 rings (SSSR count). The van der Waals surface area contributed by atoms with Crippen molar-refractivity contribution in [1.29, 1.82) is 0 Å². The molecular weight excluding hydrogens is 204 g/mol. The Morgan fingerprint density at radius 2 is 1.94 bits per heavy atom. The normalized spacial score (nSPS) is 25.8. The first-order valence-corrected chi connectivity index (χ1v) is 6.13. The van der Waals surface area contributed by atoms with Gasteiger partial charge in [0.25, 0.3) is 0 Å². The van der Waals surface area contributed by atoms with Crippen LogP contribution in [0.3, 0.4) is 0 Å². The molecule has 0 bridgehead atoms. The maximum absolute atomic E-state index is 11.8. The second-order valence-corrected chi connectivity index (χ2v) is 4.93. The highest BCUT2D eigenvalue weighted by molar-refractivity contribution is 5.77. The number of carbonyl (C=O) groups is 1. The van der Waals surface area contributed by atoms with E-state index >= 15 is 0 Å². The summed E-state index contributed by atoms with van der Waals surface area (Å²) in [5.74, 6) is 0.0779. The Hall–Kier alpha value is -0.610. The molecule has 0 radical (unpaired) electrons. The number of ether oxygens (including phenoxy) is 1. The molecule has 1 aliphatic carbocycles. The van der Waals surface area contributed by atoms with Crippen LogP contribution in [0.4, 0.5) is 0 Å². The van der Waals surface area contributed by atoms with E-state index in [0.717, 1.165) is 25.7 Å². The minimum Gasteiger partial charge on any atom is -0.369 e. The summed E-state index contributed by atoms with van der Waals surface area (Å²) in [6.07, 6.45) is 4.19. The zero-order valence-electron chi connectivity index (χ0n) is 10.6. The summed E-state index contributed by atoms with van der Waals surface area (Å²) in [5.41, 5.74) is 5.84. The molecule has 0 aromatic carbocycles. The maximum Gasteiger partial charge on any atom is 0.248 e. The lowest BCUT2D eigenvalue weighted by atomic mass is 9.91. The monoisotopic (exact) mass is 228 g/mol. The number of nitrogens with two attached hydrogens (primary N) is 1. The fraction of sp³-hybridized carbons (Fsp3) is 0.917. The van der Waals surface area contributed by atoms with Gasteiger partial charge in [-0.15, -0.1) is 0 Å². The fourth-order valence-corrected chi connectivity index (χ4v) is 2.03. The van der Waals surface area contributed by atoms with Crippen LogP contribution in [0.5, 0.6) is 0 Å². The number of hydrogen-bond donors (Lipinski definition) is 1. The Labute approximate surface area is 98.1 Å².